The molecule has 0 unspecified atom stereocenters. The molecular weight excluding hydrogens is 232 g/mol. The molecule has 0 bridgehead atoms. The largest absolute Gasteiger partial charge is 0.310 e. The Morgan fingerprint density at radius 3 is 3.00 bits per heavy atom. The van der Waals surface area contributed by atoms with Gasteiger partial charge in [-0.25, -0.2) is 4.98 Å². The summed E-state index contributed by atoms with van der Waals surface area (Å²) in [6, 6.07) is 0. The molecule has 0 radical (unpaired) electrons. The van der Waals surface area contributed by atoms with Gasteiger partial charge in [0.25, 0.3) is 0 Å². The minimum absolute atomic E-state index is 0.845. The first-order chi connectivity index (χ1) is 8.42. The highest BCUT2D eigenvalue weighted by Gasteiger charge is 2.20. The summed E-state index contributed by atoms with van der Waals surface area (Å²) in [5.74, 6) is 0.912. The topological polar surface area (TPSA) is 50.7 Å². The Labute approximate surface area is 104 Å². The molecule has 1 aliphatic rings. The van der Waals surface area contributed by atoms with Crippen LogP contribution in [0.2, 0.25) is 0 Å². The van der Waals surface area contributed by atoms with Gasteiger partial charge in [0, 0.05) is 24.3 Å². The molecule has 2 aromatic rings. The number of hydrogen-bond acceptors (Lipinski definition) is 5. The van der Waals surface area contributed by atoms with Crippen molar-refractivity contribution in [1.29, 1.82) is 0 Å². The molecule has 5 heteroatoms. The second kappa shape index (κ2) is 4.89. The van der Waals surface area contributed by atoms with Crippen molar-refractivity contribution in [1.82, 2.24) is 20.3 Å². The van der Waals surface area contributed by atoms with Gasteiger partial charge in [-0.2, -0.15) is 0 Å². The fourth-order valence-corrected chi connectivity index (χ4v) is 2.40. The van der Waals surface area contributed by atoms with Crippen LogP contribution in [-0.2, 0) is 6.54 Å². The first-order valence-electron chi connectivity index (χ1n) is 5.83. The van der Waals surface area contributed by atoms with E-state index in [0.717, 1.165) is 35.4 Å². The number of nitrogens with zero attached hydrogens (tertiary/aromatic N) is 3. The Kier molecular flexibility index (Phi) is 3.11. The summed E-state index contributed by atoms with van der Waals surface area (Å²) >= 11 is 1.68. The van der Waals surface area contributed by atoms with Gasteiger partial charge in [-0.15, -0.1) is 11.3 Å². The van der Waals surface area contributed by atoms with Gasteiger partial charge in [-0.05, 0) is 25.3 Å². The zero-order valence-electron chi connectivity index (χ0n) is 9.47. The van der Waals surface area contributed by atoms with Gasteiger partial charge in [0.05, 0.1) is 6.20 Å². The van der Waals surface area contributed by atoms with Crippen molar-refractivity contribution < 1.29 is 0 Å². The molecule has 0 aliphatic heterocycles. The highest BCUT2D eigenvalue weighted by Crippen LogP contribution is 2.27. The molecular formula is C12H14N4S. The Morgan fingerprint density at radius 2 is 2.24 bits per heavy atom. The van der Waals surface area contributed by atoms with E-state index in [1.165, 1.54) is 12.8 Å². The summed E-state index contributed by atoms with van der Waals surface area (Å²) in [4.78, 5) is 12.8. The Bertz CT molecular complexity index is 478. The minimum atomic E-state index is 0.845. The average molecular weight is 246 g/mol. The molecule has 1 aliphatic carbocycles. The van der Waals surface area contributed by atoms with Crippen LogP contribution in [0.25, 0.3) is 11.4 Å². The van der Waals surface area contributed by atoms with Gasteiger partial charge < -0.3 is 5.32 Å². The van der Waals surface area contributed by atoms with Crippen LogP contribution in [0.3, 0.4) is 0 Å². The highest BCUT2D eigenvalue weighted by atomic mass is 32.1. The SMILES string of the molecule is c1cnc(-c2csc(CNCC3CC3)n2)cn1. The average Bonchev–Trinajstić information content (AvgIpc) is 3.07. The quantitative estimate of drug-likeness (QED) is 0.877. The summed E-state index contributed by atoms with van der Waals surface area (Å²) in [5.41, 5.74) is 1.77. The van der Waals surface area contributed by atoms with E-state index in [-0.39, 0.29) is 0 Å². The van der Waals surface area contributed by atoms with E-state index in [0.29, 0.717) is 0 Å². The summed E-state index contributed by atoms with van der Waals surface area (Å²) in [7, 11) is 0. The predicted octanol–water partition coefficient (Wildman–Crippen LogP) is 2.10. The number of nitrogens with one attached hydrogen (secondary N) is 1. The van der Waals surface area contributed by atoms with Crippen molar-refractivity contribution in [2.45, 2.75) is 19.4 Å². The van der Waals surface area contributed by atoms with Gasteiger partial charge in [0.1, 0.15) is 16.4 Å². The zero-order chi connectivity index (χ0) is 11.5. The molecule has 88 valence electrons. The van der Waals surface area contributed by atoms with Crippen molar-refractivity contribution in [2.75, 3.05) is 6.54 Å². The molecule has 3 rings (SSSR count). The van der Waals surface area contributed by atoms with E-state index in [9.17, 15) is 0 Å². The number of hydrogen-bond donors (Lipinski definition) is 1. The molecule has 0 amide bonds. The van der Waals surface area contributed by atoms with Crippen LogP contribution in [0, 0.1) is 5.92 Å². The van der Waals surface area contributed by atoms with Crippen LogP contribution in [0.1, 0.15) is 17.8 Å². The summed E-state index contributed by atoms with van der Waals surface area (Å²) in [6.07, 6.45) is 7.88. The van der Waals surface area contributed by atoms with Crippen molar-refractivity contribution in [3.05, 3.63) is 29.0 Å². The molecule has 17 heavy (non-hydrogen) atoms. The third-order valence-electron chi connectivity index (χ3n) is 2.78. The molecule has 0 atom stereocenters. The van der Waals surface area contributed by atoms with Crippen LogP contribution < -0.4 is 5.32 Å². The lowest BCUT2D eigenvalue weighted by Crippen LogP contribution is -2.15. The lowest BCUT2D eigenvalue weighted by atomic mass is 10.3. The lowest BCUT2D eigenvalue weighted by molar-refractivity contribution is 0.637. The van der Waals surface area contributed by atoms with Crippen LogP contribution in [0.4, 0.5) is 0 Å². The summed E-state index contributed by atoms with van der Waals surface area (Å²) in [5, 5.41) is 6.60. The first kappa shape index (κ1) is 10.8. The Morgan fingerprint density at radius 1 is 1.29 bits per heavy atom. The molecule has 0 spiro atoms. The van der Waals surface area contributed by atoms with E-state index in [1.807, 2.05) is 5.38 Å². The normalized spacial score (nSPS) is 15.1. The van der Waals surface area contributed by atoms with Crippen LogP contribution in [-0.4, -0.2) is 21.5 Å². The highest BCUT2D eigenvalue weighted by molar-refractivity contribution is 7.09. The van der Waals surface area contributed by atoms with Gasteiger partial charge in [0.2, 0.25) is 0 Å². The van der Waals surface area contributed by atoms with Gasteiger partial charge in [0.15, 0.2) is 0 Å². The lowest BCUT2D eigenvalue weighted by Gasteiger charge is -1.99. The van der Waals surface area contributed by atoms with Crippen molar-refractivity contribution in [3.63, 3.8) is 0 Å². The number of thiazole rings is 1. The maximum Gasteiger partial charge on any atom is 0.108 e. The number of aromatic nitrogens is 3. The third kappa shape index (κ3) is 2.87. The molecule has 2 aromatic heterocycles. The van der Waals surface area contributed by atoms with Crippen LogP contribution in [0.15, 0.2) is 24.0 Å². The first-order valence-corrected chi connectivity index (χ1v) is 6.71. The van der Waals surface area contributed by atoms with Gasteiger partial charge in [-0.3, -0.25) is 9.97 Å². The monoisotopic (exact) mass is 246 g/mol. The Balaban J connectivity index is 1.61. The van der Waals surface area contributed by atoms with E-state index < -0.39 is 0 Å². The smallest absolute Gasteiger partial charge is 0.108 e. The van der Waals surface area contributed by atoms with E-state index in [4.69, 9.17) is 0 Å². The molecule has 1 saturated carbocycles. The van der Waals surface area contributed by atoms with Crippen molar-refractivity contribution in [2.24, 2.45) is 5.92 Å². The fraction of sp³-hybridized carbons (Fsp3) is 0.417. The van der Waals surface area contributed by atoms with Crippen molar-refractivity contribution in [3.8, 4) is 11.4 Å². The third-order valence-corrected chi connectivity index (χ3v) is 3.63. The molecule has 0 saturated heterocycles. The Hall–Kier alpha value is -1.33. The van der Waals surface area contributed by atoms with Gasteiger partial charge >= 0.3 is 0 Å². The van der Waals surface area contributed by atoms with Crippen molar-refractivity contribution >= 4 is 11.3 Å². The van der Waals surface area contributed by atoms with E-state index in [1.54, 1.807) is 29.9 Å². The molecule has 1 fully saturated rings. The standard InChI is InChI=1S/C12H14N4S/c1-2-9(1)5-14-7-12-16-11(8-17-12)10-6-13-3-4-15-10/h3-4,6,8-9,14H,1-2,5,7H2. The maximum absolute atomic E-state index is 4.55. The van der Waals surface area contributed by atoms with Gasteiger partial charge in [-0.1, -0.05) is 0 Å². The molecule has 0 aromatic carbocycles. The summed E-state index contributed by atoms with van der Waals surface area (Å²) in [6.45, 7) is 1.99. The molecule has 1 N–H and O–H groups in total. The second-order valence-electron chi connectivity index (χ2n) is 4.29. The van der Waals surface area contributed by atoms with Crippen LogP contribution in [0.5, 0.6) is 0 Å². The maximum atomic E-state index is 4.55. The number of rotatable bonds is 5. The fourth-order valence-electron chi connectivity index (χ4n) is 1.65. The van der Waals surface area contributed by atoms with E-state index in [2.05, 4.69) is 20.3 Å². The molecule has 2 heterocycles. The predicted molar refractivity (Wildman–Crippen MR) is 67.6 cm³/mol. The second-order valence-corrected chi connectivity index (χ2v) is 5.23. The van der Waals surface area contributed by atoms with Crippen LogP contribution >= 0.6 is 11.3 Å². The summed E-state index contributed by atoms with van der Waals surface area (Å²) < 4.78 is 0. The van der Waals surface area contributed by atoms with E-state index >= 15 is 0 Å². The zero-order valence-corrected chi connectivity index (χ0v) is 10.3. The minimum Gasteiger partial charge on any atom is -0.310 e. The molecule has 4 nitrogen and oxygen atoms in total.